The monoisotopic (exact) mass is 399 g/mol. The van der Waals surface area contributed by atoms with E-state index >= 15 is 0 Å². The van der Waals surface area contributed by atoms with E-state index in [1.54, 1.807) is 31.2 Å². The molecule has 1 saturated heterocycles. The number of aliphatic hydroxyl groups excluding tert-OH is 1. The number of nitrogens with zero attached hydrogens (tertiary/aromatic N) is 4. The molecular formula is C20H20FN4O4-. The first-order valence-corrected chi connectivity index (χ1v) is 9.18. The van der Waals surface area contributed by atoms with Gasteiger partial charge in [-0.2, -0.15) is 4.98 Å². The van der Waals surface area contributed by atoms with Crippen molar-refractivity contribution in [2.45, 2.75) is 32.0 Å². The van der Waals surface area contributed by atoms with E-state index in [1.165, 1.54) is 18.2 Å². The molecular weight excluding hydrogens is 379 g/mol. The van der Waals surface area contributed by atoms with Gasteiger partial charge >= 0.3 is 0 Å². The number of anilines is 1. The fourth-order valence-corrected chi connectivity index (χ4v) is 3.49. The molecule has 0 unspecified atom stereocenters. The van der Waals surface area contributed by atoms with E-state index in [-0.39, 0.29) is 22.8 Å². The van der Waals surface area contributed by atoms with Gasteiger partial charge in [0.1, 0.15) is 5.82 Å². The first-order chi connectivity index (χ1) is 13.9. The lowest BCUT2D eigenvalue weighted by Gasteiger charge is -2.23. The Balaban J connectivity index is 1.53. The number of halogens is 1. The van der Waals surface area contributed by atoms with E-state index < -0.39 is 6.10 Å². The first kappa shape index (κ1) is 19.5. The average molecular weight is 399 g/mol. The topological polar surface area (TPSA) is 109 Å². The molecule has 0 radical (unpaired) electrons. The van der Waals surface area contributed by atoms with Crippen molar-refractivity contribution in [3.63, 3.8) is 0 Å². The summed E-state index contributed by atoms with van der Waals surface area (Å²) in [6, 6.07) is 11.0. The minimum atomic E-state index is -0.541. The highest BCUT2D eigenvalue weighted by atomic mass is 19.1. The molecule has 1 aliphatic rings. The number of aryl methyl sites for hydroxylation is 1. The molecule has 0 aliphatic carbocycles. The van der Waals surface area contributed by atoms with Crippen LogP contribution in [-0.2, 0) is 6.54 Å². The third-order valence-corrected chi connectivity index (χ3v) is 5.08. The normalized spacial score (nSPS) is 19.6. The summed E-state index contributed by atoms with van der Waals surface area (Å²) in [5.41, 5.74) is 2.10. The summed E-state index contributed by atoms with van der Waals surface area (Å²) in [6.07, 6.45) is -0.103. The van der Waals surface area contributed by atoms with Crippen LogP contribution in [0, 0.1) is 17.9 Å². The Bertz CT molecular complexity index is 992. The summed E-state index contributed by atoms with van der Waals surface area (Å²) in [5.74, 6) is 0.313. The third kappa shape index (κ3) is 4.13. The van der Waals surface area contributed by atoms with Crippen molar-refractivity contribution < 1.29 is 19.2 Å². The molecule has 2 heterocycles. The lowest BCUT2D eigenvalue weighted by Crippen LogP contribution is -2.24. The molecule has 3 aromatic rings. The molecule has 2 atom stereocenters. The van der Waals surface area contributed by atoms with E-state index in [2.05, 4.69) is 10.1 Å². The molecule has 1 aromatic heterocycles. The Hall–Kier alpha value is -2.85. The second kappa shape index (κ2) is 7.88. The lowest BCUT2D eigenvalue weighted by atomic mass is 10.1. The van der Waals surface area contributed by atoms with Gasteiger partial charge < -0.3 is 20.1 Å². The number of aromatic nitrogens is 2. The molecule has 29 heavy (non-hydrogen) atoms. The van der Waals surface area contributed by atoms with Crippen LogP contribution in [-0.4, -0.2) is 38.0 Å². The average Bonchev–Trinajstić information content (AvgIpc) is 3.31. The second-order valence-electron chi connectivity index (χ2n) is 7.19. The Morgan fingerprint density at radius 1 is 1.28 bits per heavy atom. The Morgan fingerprint density at radius 2 is 2.03 bits per heavy atom. The highest BCUT2D eigenvalue weighted by Crippen LogP contribution is 2.34. The minimum Gasteiger partial charge on any atom is -0.733 e. The predicted octanol–water partition coefficient (Wildman–Crippen LogP) is 3.19. The van der Waals surface area contributed by atoms with Gasteiger partial charge in [0, 0.05) is 18.7 Å². The van der Waals surface area contributed by atoms with Gasteiger partial charge in [0.25, 0.3) is 0 Å². The van der Waals surface area contributed by atoms with Crippen molar-refractivity contribution in [1.29, 1.82) is 0 Å². The van der Waals surface area contributed by atoms with Crippen LogP contribution in [0.25, 0.3) is 11.4 Å². The van der Waals surface area contributed by atoms with Crippen molar-refractivity contribution in [3.8, 4) is 11.4 Å². The Kier molecular flexibility index (Phi) is 5.29. The maximum absolute atomic E-state index is 13.8. The molecule has 0 amide bonds. The van der Waals surface area contributed by atoms with Crippen LogP contribution in [0.3, 0.4) is 0 Å². The molecule has 1 aliphatic heterocycles. The Labute approximate surface area is 166 Å². The van der Waals surface area contributed by atoms with Gasteiger partial charge in [-0.25, -0.2) is 4.39 Å². The number of hydrogen-bond acceptors (Lipinski definition) is 8. The van der Waals surface area contributed by atoms with Crippen LogP contribution < -0.4 is 5.23 Å². The summed E-state index contributed by atoms with van der Waals surface area (Å²) in [7, 11) is 0. The Morgan fingerprint density at radius 3 is 2.72 bits per heavy atom. The maximum atomic E-state index is 13.8. The molecule has 9 heteroatoms. The van der Waals surface area contributed by atoms with E-state index in [0.717, 1.165) is 5.56 Å². The van der Waals surface area contributed by atoms with Crippen LogP contribution in [0.4, 0.5) is 10.1 Å². The molecule has 0 saturated carbocycles. The zero-order valence-electron chi connectivity index (χ0n) is 15.7. The molecule has 2 N–H and O–H groups in total. The highest BCUT2D eigenvalue weighted by molar-refractivity contribution is 5.55. The predicted molar refractivity (Wildman–Crippen MR) is 102 cm³/mol. The first-order valence-electron chi connectivity index (χ1n) is 9.18. The molecule has 8 nitrogen and oxygen atoms in total. The van der Waals surface area contributed by atoms with Gasteiger partial charge in [0.2, 0.25) is 11.7 Å². The summed E-state index contributed by atoms with van der Waals surface area (Å²) in [6.45, 7) is 2.60. The van der Waals surface area contributed by atoms with Crippen molar-refractivity contribution >= 4 is 5.69 Å². The summed E-state index contributed by atoms with van der Waals surface area (Å²) < 4.78 is 19.3. The maximum Gasteiger partial charge on any atom is 0.244 e. The zero-order valence-corrected chi connectivity index (χ0v) is 15.7. The summed E-state index contributed by atoms with van der Waals surface area (Å²) >= 11 is 0. The quantitative estimate of drug-likeness (QED) is 0.630. The van der Waals surface area contributed by atoms with E-state index in [9.17, 15) is 14.7 Å². The number of likely N-dealkylation sites (tertiary alicyclic amines) is 1. The third-order valence-electron chi connectivity index (χ3n) is 5.08. The van der Waals surface area contributed by atoms with Gasteiger partial charge in [0.15, 0.2) is 0 Å². The van der Waals surface area contributed by atoms with Gasteiger partial charge in [-0.3, -0.25) is 10.1 Å². The molecule has 2 aromatic carbocycles. The smallest absolute Gasteiger partial charge is 0.244 e. The van der Waals surface area contributed by atoms with E-state index in [0.29, 0.717) is 42.4 Å². The van der Waals surface area contributed by atoms with Crippen LogP contribution in [0.2, 0.25) is 0 Å². The lowest BCUT2D eigenvalue weighted by molar-refractivity contribution is 0.169. The van der Waals surface area contributed by atoms with Gasteiger partial charge in [-0.05, 0) is 42.7 Å². The standard InChI is InChI=1S/C20H20FN4O4/c1-12-2-5-14(8-17(12)21)19-22-20(29-23-19)18-9-16(26)11-24(18)10-13-3-6-15(7-4-13)25(27)28/h2-8,16,18,26-27H,9-11H2,1H3/q-1/t16-,18-/m1/s1. The number of benzene rings is 2. The minimum absolute atomic E-state index is 0.138. The SMILES string of the molecule is Cc1ccc(-c2noc([C@H]3C[C@@H](O)CN3Cc3ccc(N([O-])O)cc3)n2)cc1F. The molecule has 0 bridgehead atoms. The van der Waals surface area contributed by atoms with Gasteiger partial charge in [-0.1, -0.05) is 29.4 Å². The summed E-state index contributed by atoms with van der Waals surface area (Å²) in [5, 5.41) is 33.8. The highest BCUT2D eigenvalue weighted by Gasteiger charge is 2.36. The van der Waals surface area contributed by atoms with Gasteiger partial charge in [0.05, 0.1) is 17.8 Å². The zero-order chi connectivity index (χ0) is 20.5. The fourth-order valence-electron chi connectivity index (χ4n) is 3.49. The molecule has 4 rings (SSSR count). The molecule has 152 valence electrons. The van der Waals surface area contributed by atoms with Crippen molar-refractivity contribution in [2.24, 2.45) is 0 Å². The summed E-state index contributed by atoms with van der Waals surface area (Å²) in [4.78, 5) is 6.42. The van der Waals surface area contributed by atoms with Crippen molar-refractivity contribution in [3.05, 3.63) is 70.5 Å². The van der Waals surface area contributed by atoms with Crippen LogP contribution in [0.5, 0.6) is 0 Å². The second-order valence-corrected chi connectivity index (χ2v) is 7.19. The van der Waals surface area contributed by atoms with E-state index in [1.807, 2.05) is 4.90 Å². The number of aliphatic hydroxyl groups is 1. The van der Waals surface area contributed by atoms with E-state index in [4.69, 9.17) is 9.73 Å². The number of hydrogen-bond donors (Lipinski definition) is 2. The van der Waals surface area contributed by atoms with Crippen LogP contribution >= 0.6 is 0 Å². The fraction of sp³-hybridized carbons (Fsp3) is 0.300. The van der Waals surface area contributed by atoms with Crippen LogP contribution in [0.1, 0.15) is 29.5 Å². The van der Waals surface area contributed by atoms with Crippen LogP contribution in [0.15, 0.2) is 47.0 Å². The molecule has 1 fully saturated rings. The largest absolute Gasteiger partial charge is 0.733 e. The number of β-amino-alcohol motifs (C(OH)–C–C–N with tert-alkyl or cyclic N) is 1. The van der Waals surface area contributed by atoms with Gasteiger partial charge in [-0.15, -0.1) is 0 Å². The molecule has 0 spiro atoms. The number of rotatable bonds is 5. The van der Waals surface area contributed by atoms with Crippen molar-refractivity contribution in [2.75, 3.05) is 11.8 Å². The van der Waals surface area contributed by atoms with Crippen molar-refractivity contribution in [1.82, 2.24) is 15.0 Å².